The highest BCUT2D eigenvalue weighted by molar-refractivity contribution is 5.86. The summed E-state index contributed by atoms with van der Waals surface area (Å²) >= 11 is 0. The summed E-state index contributed by atoms with van der Waals surface area (Å²) in [5, 5.41) is 10.1. The van der Waals surface area contributed by atoms with E-state index in [1.54, 1.807) is 6.92 Å². The van der Waals surface area contributed by atoms with Crippen LogP contribution in [0.3, 0.4) is 0 Å². The molecule has 0 unspecified atom stereocenters. The average molecular weight is 399 g/mol. The molecule has 0 aromatic carbocycles. The smallest absolute Gasteiger partial charge is 0.327 e. The van der Waals surface area contributed by atoms with E-state index in [0.717, 1.165) is 12.8 Å². The molecule has 0 aliphatic carbocycles. The number of unbranched alkanes of at least 4 members (excludes halogenated alkanes) is 3. The van der Waals surface area contributed by atoms with Crippen LogP contribution >= 0.6 is 0 Å². The monoisotopic (exact) mass is 399 g/mol. The number of hydrogen-bond donors (Lipinski definition) is 1. The van der Waals surface area contributed by atoms with Crippen LogP contribution in [0.5, 0.6) is 0 Å². The SMILES string of the molecule is CC#CC[C@@H](C)[C@@H](O)/C=C/[C@H]1CC(F)(F)C(=O)N1CCCCCCC(=O)OC. The number of hydrogen-bond acceptors (Lipinski definition) is 4. The number of aliphatic hydroxyl groups is 1. The van der Waals surface area contributed by atoms with E-state index in [4.69, 9.17) is 0 Å². The number of amides is 1. The van der Waals surface area contributed by atoms with Crippen LogP contribution in [0.4, 0.5) is 8.78 Å². The molecule has 0 saturated carbocycles. The Morgan fingerprint density at radius 3 is 2.71 bits per heavy atom. The molecule has 0 spiro atoms. The lowest BCUT2D eigenvalue weighted by Crippen LogP contribution is -2.36. The van der Waals surface area contributed by atoms with Gasteiger partial charge in [0.1, 0.15) is 0 Å². The standard InChI is InChI=1S/C21H31F2NO4/c1-4-5-10-16(2)18(25)13-12-17-15-21(22,23)20(27)24(17)14-9-7-6-8-11-19(26)28-3/h12-13,16-18,25H,6-11,14-15H2,1-3H3/b13-12+/t16-,17+,18+/m1/s1. The highest BCUT2D eigenvalue weighted by Crippen LogP contribution is 2.34. The molecule has 158 valence electrons. The first kappa shape index (κ1) is 24.1. The first-order chi connectivity index (χ1) is 13.2. The van der Waals surface area contributed by atoms with E-state index in [2.05, 4.69) is 16.6 Å². The highest BCUT2D eigenvalue weighted by Gasteiger charge is 2.52. The third-order valence-corrected chi connectivity index (χ3v) is 4.91. The zero-order valence-corrected chi connectivity index (χ0v) is 16.9. The second kappa shape index (κ2) is 11.8. The summed E-state index contributed by atoms with van der Waals surface area (Å²) in [7, 11) is 1.34. The van der Waals surface area contributed by atoms with Crippen molar-refractivity contribution in [2.45, 2.75) is 76.9 Å². The molecule has 1 heterocycles. The molecule has 1 N–H and O–H groups in total. The van der Waals surface area contributed by atoms with Gasteiger partial charge in [-0.1, -0.05) is 31.9 Å². The lowest BCUT2D eigenvalue weighted by atomic mass is 10.00. The molecule has 0 aromatic rings. The summed E-state index contributed by atoms with van der Waals surface area (Å²) in [5.74, 6) is 0.728. The fourth-order valence-electron chi connectivity index (χ4n) is 3.08. The van der Waals surface area contributed by atoms with E-state index in [1.165, 1.54) is 24.2 Å². The zero-order valence-electron chi connectivity index (χ0n) is 16.9. The van der Waals surface area contributed by atoms with Crippen LogP contribution in [0.25, 0.3) is 0 Å². The Morgan fingerprint density at radius 2 is 2.07 bits per heavy atom. The van der Waals surface area contributed by atoms with Gasteiger partial charge in [0.2, 0.25) is 0 Å². The second-order valence-electron chi connectivity index (χ2n) is 7.20. The minimum absolute atomic E-state index is 0.121. The number of ether oxygens (including phenoxy) is 1. The first-order valence-corrected chi connectivity index (χ1v) is 9.74. The van der Waals surface area contributed by atoms with Crippen LogP contribution < -0.4 is 0 Å². The van der Waals surface area contributed by atoms with Crippen molar-refractivity contribution < 1.29 is 28.2 Å². The third-order valence-electron chi connectivity index (χ3n) is 4.91. The van der Waals surface area contributed by atoms with Crippen molar-refractivity contribution in [3.8, 4) is 11.8 Å². The van der Waals surface area contributed by atoms with Gasteiger partial charge in [0, 0.05) is 25.8 Å². The quantitative estimate of drug-likeness (QED) is 0.251. The van der Waals surface area contributed by atoms with Crippen LogP contribution in [0.15, 0.2) is 12.2 Å². The minimum Gasteiger partial charge on any atom is -0.469 e. The number of likely N-dealkylation sites (tertiary alicyclic amines) is 1. The van der Waals surface area contributed by atoms with Gasteiger partial charge in [-0.25, -0.2) is 0 Å². The van der Waals surface area contributed by atoms with Crippen molar-refractivity contribution in [1.29, 1.82) is 0 Å². The number of halogens is 2. The number of carbonyl (C=O) groups excluding carboxylic acids is 2. The molecule has 0 aromatic heterocycles. The van der Waals surface area contributed by atoms with Crippen LogP contribution in [0.1, 0.15) is 58.8 Å². The van der Waals surface area contributed by atoms with E-state index >= 15 is 0 Å². The molecule has 1 aliphatic rings. The van der Waals surface area contributed by atoms with Gasteiger partial charge in [0.25, 0.3) is 5.91 Å². The summed E-state index contributed by atoms with van der Waals surface area (Å²) in [5.41, 5.74) is 0. The summed E-state index contributed by atoms with van der Waals surface area (Å²) in [6, 6.07) is -0.725. The van der Waals surface area contributed by atoms with Gasteiger partial charge < -0.3 is 14.7 Å². The maximum Gasteiger partial charge on any atom is 0.327 e. The maximum absolute atomic E-state index is 13.9. The van der Waals surface area contributed by atoms with Gasteiger partial charge in [-0.15, -0.1) is 11.8 Å². The lowest BCUT2D eigenvalue weighted by Gasteiger charge is -2.22. The molecular weight excluding hydrogens is 368 g/mol. The van der Waals surface area contributed by atoms with Crippen LogP contribution in [0, 0.1) is 17.8 Å². The van der Waals surface area contributed by atoms with Crippen molar-refractivity contribution in [3.05, 3.63) is 12.2 Å². The number of rotatable bonds is 11. The van der Waals surface area contributed by atoms with Crippen molar-refractivity contribution in [2.24, 2.45) is 5.92 Å². The van der Waals surface area contributed by atoms with Crippen molar-refractivity contribution >= 4 is 11.9 Å². The average Bonchev–Trinajstić information content (AvgIpc) is 2.89. The number of methoxy groups -OCH3 is 1. The van der Waals surface area contributed by atoms with Gasteiger partial charge in [0.15, 0.2) is 0 Å². The topological polar surface area (TPSA) is 66.8 Å². The van der Waals surface area contributed by atoms with Gasteiger partial charge in [-0.3, -0.25) is 9.59 Å². The summed E-state index contributed by atoms with van der Waals surface area (Å²) in [6.07, 6.45) is 5.23. The van der Waals surface area contributed by atoms with Crippen molar-refractivity contribution in [2.75, 3.05) is 13.7 Å². The molecule has 28 heavy (non-hydrogen) atoms. The van der Waals surface area contributed by atoms with Gasteiger partial charge in [-0.2, -0.15) is 8.78 Å². The molecule has 1 saturated heterocycles. The fraction of sp³-hybridized carbons (Fsp3) is 0.714. The zero-order chi connectivity index (χ0) is 21.2. The molecule has 0 radical (unpaired) electrons. The molecule has 1 amide bonds. The van der Waals surface area contributed by atoms with Crippen molar-refractivity contribution in [1.82, 2.24) is 4.90 Å². The third kappa shape index (κ3) is 7.59. The Balaban J connectivity index is 2.55. The number of aliphatic hydroxyl groups excluding tert-OH is 1. The van der Waals surface area contributed by atoms with E-state index in [0.29, 0.717) is 25.7 Å². The first-order valence-electron chi connectivity index (χ1n) is 9.74. The van der Waals surface area contributed by atoms with Gasteiger partial charge >= 0.3 is 11.9 Å². The fourth-order valence-corrected chi connectivity index (χ4v) is 3.08. The molecule has 7 heteroatoms. The lowest BCUT2D eigenvalue weighted by molar-refractivity contribution is -0.148. The van der Waals surface area contributed by atoms with E-state index in [1.807, 2.05) is 6.92 Å². The molecular formula is C21H31F2NO4. The Hall–Kier alpha value is -1.94. The summed E-state index contributed by atoms with van der Waals surface area (Å²) in [4.78, 5) is 24.3. The maximum atomic E-state index is 13.9. The molecule has 5 nitrogen and oxygen atoms in total. The molecule has 0 bridgehead atoms. The molecule has 1 rings (SSSR count). The predicted molar refractivity (Wildman–Crippen MR) is 103 cm³/mol. The molecule has 1 fully saturated rings. The number of alkyl halides is 2. The van der Waals surface area contributed by atoms with E-state index in [9.17, 15) is 23.5 Å². The van der Waals surface area contributed by atoms with Crippen molar-refractivity contribution in [3.63, 3.8) is 0 Å². The van der Waals surface area contributed by atoms with Crippen LogP contribution in [0.2, 0.25) is 0 Å². The Kier molecular flexibility index (Phi) is 10.2. The Morgan fingerprint density at radius 1 is 1.39 bits per heavy atom. The molecule has 1 aliphatic heterocycles. The minimum atomic E-state index is -3.37. The van der Waals surface area contributed by atoms with Crippen LogP contribution in [-0.2, 0) is 14.3 Å². The molecule has 3 atom stereocenters. The van der Waals surface area contributed by atoms with Gasteiger partial charge in [0.05, 0.1) is 19.3 Å². The number of esters is 1. The van der Waals surface area contributed by atoms with E-state index in [-0.39, 0.29) is 18.4 Å². The summed E-state index contributed by atoms with van der Waals surface area (Å²) in [6.45, 7) is 3.78. The van der Waals surface area contributed by atoms with E-state index < -0.39 is 30.4 Å². The summed E-state index contributed by atoms with van der Waals surface area (Å²) < 4.78 is 32.3. The predicted octanol–water partition coefficient (Wildman–Crippen LogP) is 3.31. The second-order valence-corrected chi connectivity index (χ2v) is 7.20. The van der Waals surface area contributed by atoms with Gasteiger partial charge in [-0.05, 0) is 25.7 Å². The Labute approximate surface area is 166 Å². The Bertz CT molecular complexity index is 609. The highest BCUT2D eigenvalue weighted by atomic mass is 19.3. The van der Waals surface area contributed by atoms with Crippen LogP contribution in [-0.4, -0.2) is 53.6 Å². The number of carbonyl (C=O) groups is 2. The number of nitrogens with zero attached hydrogens (tertiary/aromatic N) is 1. The largest absolute Gasteiger partial charge is 0.469 e. The normalized spacial score (nSPS) is 20.7.